The monoisotopic (exact) mass is 409 g/mol. The zero-order valence-electron chi connectivity index (χ0n) is 17.2. The molecule has 1 aliphatic carbocycles. The summed E-state index contributed by atoms with van der Waals surface area (Å²) < 4.78 is 5.47. The van der Waals surface area contributed by atoms with Gasteiger partial charge in [0.25, 0.3) is 5.91 Å². The van der Waals surface area contributed by atoms with Gasteiger partial charge >= 0.3 is 5.97 Å². The third kappa shape index (κ3) is 4.01. The number of primary amides is 1. The van der Waals surface area contributed by atoms with E-state index in [-0.39, 0.29) is 25.0 Å². The van der Waals surface area contributed by atoms with Crippen LogP contribution in [0, 0.1) is 11.8 Å². The van der Waals surface area contributed by atoms with Crippen LogP contribution in [0.1, 0.15) is 47.8 Å². The van der Waals surface area contributed by atoms with E-state index >= 15 is 0 Å². The Morgan fingerprint density at radius 3 is 2.83 bits per heavy atom. The summed E-state index contributed by atoms with van der Waals surface area (Å²) in [4.78, 5) is 43.5. The molecule has 0 saturated carbocycles. The number of rotatable bonds is 4. The lowest BCUT2D eigenvalue weighted by Crippen LogP contribution is -2.45. The van der Waals surface area contributed by atoms with Gasteiger partial charge in [0, 0.05) is 24.2 Å². The van der Waals surface area contributed by atoms with Gasteiger partial charge in [-0.1, -0.05) is 25.1 Å². The van der Waals surface area contributed by atoms with Gasteiger partial charge in [-0.3, -0.25) is 14.6 Å². The zero-order valence-corrected chi connectivity index (χ0v) is 17.2. The number of esters is 1. The molecule has 30 heavy (non-hydrogen) atoms. The Hall–Kier alpha value is -2.96. The van der Waals surface area contributed by atoms with Crippen molar-refractivity contribution in [3.63, 3.8) is 0 Å². The van der Waals surface area contributed by atoms with E-state index in [4.69, 9.17) is 15.5 Å². The van der Waals surface area contributed by atoms with Crippen LogP contribution in [-0.2, 0) is 27.2 Å². The molecule has 0 unspecified atom stereocenters. The van der Waals surface area contributed by atoms with Crippen molar-refractivity contribution >= 4 is 28.7 Å². The molecule has 158 valence electrons. The summed E-state index contributed by atoms with van der Waals surface area (Å²) in [7, 11) is 0. The second-order valence-electron chi connectivity index (χ2n) is 8.43. The van der Waals surface area contributed by atoms with E-state index in [1.165, 1.54) is 0 Å². The number of carbonyl (C=O) groups is 3. The highest BCUT2D eigenvalue weighted by atomic mass is 16.5. The number of benzene rings is 1. The molecule has 7 nitrogen and oxygen atoms in total. The molecular weight excluding hydrogens is 382 g/mol. The van der Waals surface area contributed by atoms with Crippen LogP contribution in [0.4, 0.5) is 0 Å². The lowest BCUT2D eigenvalue weighted by atomic mass is 9.84. The van der Waals surface area contributed by atoms with Crippen molar-refractivity contribution in [2.75, 3.05) is 19.7 Å². The maximum atomic E-state index is 13.1. The van der Waals surface area contributed by atoms with Gasteiger partial charge in [-0.05, 0) is 49.7 Å². The molecule has 1 aromatic carbocycles. The first kappa shape index (κ1) is 20.3. The predicted octanol–water partition coefficient (Wildman–Crippen LogP) is 2.24. The van der Waals surface area contributed by atoms with Crippen molar-refractivity contribution in [1.29, 1.82) is 0 Å². The molecule has 1 fully saturated rings. The van der Waals surface area contributed by atoms with Gasteiger partial charge in [0.05, 0.1) is 17.0 Å². The highest BCUT2D eigenvalue weighted by Crippen LogP contribution is 2.32. The first-order valence-corrected chi connectivity index (χ1v) is 10.6. The standard InChI is InChI=1S/C23H27N3O4/c1-14-8-9-19-17(11-14)21(16-6-2-3-7-18(16)25-19)23(29)30-13-20(27)26-10-4-5-15(12-26)22(24)28/h2-3,6-7,14-15H,4-5,8-13H2,1H3,(H2,24,28)/t14-,15+/m0/s1. The number of pyridine rings is 1. The van der Waals surface area contributed by atoms with Crippen LogP contribution >= 0.6 is 0 Å². The Balaban J connectivity index is 1.54. The Morgan fingerprint density at radius 1 is 1.23 bits per heavy atom. The minimum atomic E-state index is -0.490. The van der Waals surface area contributed by atoms with Gasteiger partial charge in [-0.2, -0.15) is 0 Å². The van der Waals surface area contributed by atoms with Gasteiger partial charge in [0.2, 0.25) is 5.91 Å². The zero-order chi connectivity index (χ0) is 21.3. The average molecular weight is 409 g/mol. The summed E-state index contributed by atoms with van der Waals surface area (Å²) >= 11 is 0. The molecule has 2 amide bonds. The molecule has 2 heterocycles. The Kier molecular flexibility index (Phi) is 5.70. The SMILES string of the molecule is C[C@H]1CCc2nc3ccccc3c(C(=O)OCC(=O)N3CCC[C@@H](C(N)=O)C3)c2C1. The number of piperidine rings is 1. The summed E-state index contributed by atoms with van der Waals surface area (Å²) in [6.45, 7) is 2.66. The maximum Gasteiger partial charge on any atom is 0.339 e. The number of hydrogen-bond acceptors (Lipinski definition) is 5. The highest BCUT2D eigenvalue weighted by molar-refractivity contribution is 6.05. The molecule has 2 N–H and O–H groups in total. The van der Waals surface area contributed by atoms with Crippen molar-refractivity contribution in [2.24, 2.45) is 17.6 Å². The molecule has 2 aliphatic rings. The van der Waals surface area contributed by atoms with E-state index in [1.807, 2.05) is 24.3 Å². The maximum absolute atomic E-state index is 13.1. The van der Waals surface area contributed by atoms with Gasteiger partial charge in [-0.15, -0.1) is 0 Å². The molecule has 4 rings (SSSR count). The van der Waals surface area contributed by atoms with Crippen LogP contribution in [-0.4, -0.2) is 47.4 Å². The first-order valence-electron chi connectivity index (χ1n) is 10.6. The molecule has 0 spiro atoms. The number of aromatic nitrogens is 1. The second kappa shape index (κ2) is 8.42. The molecule has 1 aliphatic heterocycles. The fourth-order valence-corrected chi connectivity index (χ4v) is 4.52. The van der Waals surface area contributed by atoms with Crippen molar-refractivity contribution < 1.29 is 19.1 Å². The number of hydrogen-bond donors (Lipinski definition) is 1. The van der Waals surface area contributed by atoms with Crippen LogP contribution in [0.3, 0.4) is 0 Å². The van der Waals surface area contributed by atoms with E-state index in [0.717, 1.165) is 41.4 Å². The van der Waals surface area contributed by atoms with Gasteiger partial charge in [0.1, 0.15) is 0 Å². The lowest BCUT2D eigenvalue weighted by Gasteiger charge is -2.31. The summed E-state index contributed by atoms with van der Waals surface area (Å²) in [6, 6.07) is 7.55. The first-order chi connectivity index (χ1) is 14.4. The molecule has 2 aromatic rings. The van der Waals surface area contributed by atoms with E-state index < -0.39 is 11.9 Å². The number of ether oxygens (including phenoxy) is 1. The fraction of sp³-hybridized carbons (Fsp3) is 0.478. The quantitative estimate of drug-likeness (QED) is 0.780. The molecule has 1 aromatic heterocycles. The van der Waals surface area contributed by atoms with E-state index in [2.05, 4.69) is 6.92 Å². The predicted molar refractivity (Wildman–Crippen MR) is 112 cm³/mol. The van der Waals surface area contributed by atoms with Crippen LogP contribution in [0.5, 0.6) is 0 Å². The summed E-state index contributed by atoms with van der Waals surface area (Å²) in [5.41, 5.74) is 8.58. The smallest absolute Gasteiger partial charge is 0.339 e. The van der Waals surface area contributed by atoms with Gasteiger partial charge in [-0.25, -0.2) is 4.79 Å². The summed E-state index contributed by atoms with van der Waals surface area (Å²) in [5.74, 6) is -1.05. The number of aryl methyl sites for hydroxylation is 1. The largest absolute Gasteiger partial charge is 0.452 e. The molecule has 0 radical (unpaired) electrons. The van der Waals surface area contributed by atoms with Crippen LogP contribution in [0.15, 0.2) is 24.3 Å². The minimum absolute atomic E-state index is 0.289. The topological polar surface area (TPSA) is 103 Å². The molecule has 1 saturated heterocycles. The van der Waals surface area contributed by atoms with E-state index in [0.29, 0.717) is 30.9 Å². The Morgan fingerprint density at radius 2 is 2.03 bits per heavy atom. The number of para-hydroxylation sites is 1. The van der Waals surface area contributed by atoms with Crippen molar-refractivity contribution in [2.45, 2.75) is 39.0 Å². The number of nitrogens with zero attached hydrogens (tertiary/aromatic N) is 2. The van der Waals surface area contributed by atoms with Crippen molar-refractivity contribution in [3.8, 4) is 0 Å². The second-order valence-corrected chi connectivity index (χ2v) is 8.43. The minimum Gasteiger partial charge on any atom is -0.452 e. The highest BCUT2D eigenvalue weighted by Gasteiger charge is 2.29. The number of nitrogens with two attached hydrogens (primary N) is 1. The third-order valence-electron chi connectivity index (χ3n) is 6.21. The van der Waals surface area contributed by atoms with Crippen molar-refractivity contribution in [1.82, 2.24) is 9.88 Å². The Bertz CT molecular complexity index is 1000. The third-order valence-corrected chi connectivity index (χ3v) is 6.21. The normalized spacial score (nSPS) is 21.2. The molecular formula is C23H27N3O4. The number of fused-ring (bicyclic) bond motifs is 2. The number of carbonyl (C=O) groups excluding carboxylic acids is 3. The number of likely N-dealkylation sites (tertiary alicyclic amines) is 1. The molecule has 0 bridgehead atoms. The van der Waals surface area contributed by atoms with Crippen LogP contribution < -0.4 is 5.73 Å². The Labute approximate surface area is 175 Å². The lowest BCUT2D eigenvalue weighted by molar-refractivity contribution is -0.137. The summed E-state index contributed by atoms with van der Waals surface area (Å²) in [5, 5.41) is 0.759. The molecule has 7 heteroatoms. The van der Waals surface area contributed by atoms with Gasteiger partial charge < -0.3 is 15.4 Å². The van der Waals surface area contributed by atoms with Crippen LogP contribution in [0.25, 0.3) is 10.9 Å². The summed E-state index contributed by atoms with van der Waals surface area (Å²) in [6.07, 6.45) is 4.06. The number of amides is 2. The van der Waals surface area contributed by atoms with E-state index in [1.54, 1.807) is 4.90 Å². The van der Waals surface area contributed by atoms with Crippen LogP contribution in [0.2, 0.25) is 0 Å². The van der Waals surface area contributed by atoms with E-state index in [9.17, 15) is 14.4 Å². The fourth-order valence-electron chi connectivity index (χ4n) is 4.52. The molecule has 2 atom stereocenters. The average Bonchev–Trinajstić information content (AvgIpc) is 2.75. The van der Waals surface area contributed by atoms with Gasteiger partial charge in [0.15, 0.2) is 6.61 Å². The van der Waals surface area contributed by atoms with Crippen molar-refractivity contribution in [3.05, 3.63) is 41.1 Å².